The maximum atomic E-state index is 2.49. The fraction of sp³-hybridized carbons (Fsp3) is 0. The molecular formula is C138H84N6S3. The minimum absolute atomic E-state index is 1.16. The number of rotatable bonds is 9. The molecule has 0 atom stereocenters. The van der Waals surface area contributed by atoms with Crippen LogP contribution in [0.15, 0.2) is 510 Å². The molecule has 6 nitrogen and oxygen atoms in total. The maximum Gasteiger partial charge on any atom is 0.0562 e. The average molecular weight is 1920 g/mol. The number of benzene rings is 24. The SMILES string of the molecule is c1ccc(-n2c3ccccc3c3cc4c5ccccc5n(-c5ccc(-c6cccc7c6sc6ccccc67)c6ccccc56)c4cc32)cc1.c1ccc2c(-n3c4ccccc4c4cc5c6ccccc6n(-c6ccc(-c7cccc8c7sc7ccccc78)cc6)c5cc43)cccc2c1.c1ccc2cc(-n3c4ccccc4c4cc5c6ccccc6n(-c6ccc(-c7cccc8c7sc7ccccc78)cc6)c5cc43)ccc2c1. The van der Waals surface area contributed by atoms with Crippen molar-refractivity contribution in [3.8, 4) is 67.5 Å². The molecule has 0 amide bonds. The van der Waals surface area contributed by atoms with Gasteiger partial charge >= 0.3 is 0 Å². The van der Waals surface area contributed by atoms with Crippen molar-refractivity contribution in [3.63, 3.8) is 0 Å². The molecule has 0 aliphatic rings. The van der Waals surface area contributed by atoms with Crippen LogP contribution in [0.2, 0.25) is 0 Å². The van der Waals surface area contributed by atoms with E-state index in [4.69, 9.17) is 0 Å². The van der Waals surface area contributed by atoms with Gasteiger partial charge < -0.3 is 27.4 Å². The van der Waals surface area contributed by atoms with Crippen LogP contribution < -0.4 is 0 Å². The molecule has 0 radical (unpaired) electrons. The van der Waals surface area contributed by atoms with Gasteiger partial charge in [-0.25, -0.2) is 0 Å². The van der Waals surface area contributed by atoms with Crippen molar-refractivity contribution in [2.75, 3.05) is 0 Å². The molecular weight excluding hydrogens is 1840 g/mol. The topological polar surface area (TPSA) is 29.6 Å². The Bertz CT molecular complexity index is 11300. The summed E-state index contributed by atoms with van der Waals surface area (Å²) in [6.07, 6.45) is 0. The Kier molecular flexibility index (Phi) is 18.7. The summed E-state index contributed by atoms with van der Waals surface area (Å²) in [5.41, 5.74) is 29.2. The Balaban J connectivity index is 0.0000000999. The van der Waals surface area contributed by atoms with Crippen LogP contribution in [0.1, 0.15) is 0 Å². The van der Waals surface area contributed by atoms with Gasteiger partial charge in [0, 0.05) is 164 Å². The predicted molar refractivity (Wildman–Crippen MR) is 633 cm³/mol. The zero-order valence-electron chi connectivity index (χ0n) is 79.4. The second-order valence-corrected chi connectivity index (χ2v) is 41.9. The van der Waals surface area contributed by atoms with Crippen molar-refractivity contribution in [3.05, 3.63) is 510 Å². The van der Waals surface area contributed by atoms with E-state index >= 15 is 0 Å². The smallest absolute Gasteiger partial charge is 0.0562 e. The monoisotopic (exact) mass is 1920 g/mol. The van der Waals surface area contributed by atoms with Gasteiger partial charge in [-0.3, -0.25) is 0 Å². The molecule has 9 aromatic heterocycles. The average Bonchev–Trinajstić information content (AvgIpc) is 1.56. The highest BCUT2D eigenvalue weighted by Gasteiger charge is 2.27. The lowest BCUT2D eigenvalue weighted by Crippen LogP contribution is -1.97. The highest BCUT2D eigenvalue weighted by Crippen LogP contribution is 2.51. The standard InChI is InChI=1S/3C46H28N2S/c1-2-13-32-29(11-1)12-9-21-40(32)48-42-20-7-4-15-35(42)39-27-38-34-14-3-6-19-41(34)47(43(38)28-44(39)48)31-25-23-30(24-26-31)33-17-10-18-37-36-16-5-8-22-45(36)49-46(33)37;1-2-11-31-26-33(25-20-29(31)10-1)48-42-18-7-4-13-36(42)40-27-39-35-12-3-6-17-41(35)47(43(39)28-44(40)48)32-23-21-30(22-24-32)34-15-9-16-38-37-14-5-8-19-45(37)49-46(34)38;1-2-13-29(14-3-1)47-40-22-9-6-17-33(40)38-27-39-34-18-7-10-23-41(34)48(44(39)28-43(38)47)42-26-25-31(30-15-4-5-16-32(30)42)36-20-12-21-37-35-19-8-11-24-45(35)49-46(36)37/h3*1-28H. The largest absolute Gasteiger partial charge is 0.309 e. The number of hydrogen-bond donors (Lipinski definition) is 0. The lowest BCUT2D eigenvalue weighted by atomic mass is 9.96. The first kappa shape index (κ1) is 83.2. The summed E-state index contributed by atoms with van der Waals surface area (Å²) >= 11 is 5.66. The van der Waals surface area contributed by atoms with E-state index < -0.39 is 0 Å². The second-order valence-electron chi connectivity index (χ2n) is 38.8. The summed E-state index contributed by atoms with van der Waals surface area (Å²) < 4.78 is 22.7. The van der Waals surface area contributed by atoms with Gasteiger partial charge in [0.1, 0.15) is 0 Å². The summed E-state index contributed by atoms with van der Waals surface area (Å²) in [6.45, 7) is 0. The summed E-state index contributed by atoms with van der Waals surface area (Å²) in [5.74, 6) is 0. The molecule has 0 aliphatic carbocycles. The van der Waals surface area contributed by atoms with Crippen molar-refractivity contribution >= 4 is 258 Å². The third-order valence-corrected chi connectivity index (χ3v) is 34.6. The van der Waals surface area contributed by atoms with Crippen molar-refractivity contribution in [2.24, 2.45) is 0 Å². The van der Waals surface area contributed by atoms with Gasteiger partial charge in [0.15, 0.2) is 0 Å². The van der Waals surface area contributed by atoms with Gasteiger partial charge in [-0.2, -0.15) is 0 Å². The first-order chi connectivity index (χ1) is 72.9. The molecule has 0 saturated carbocycles. The summed E-state index contributed by atoms with van der Waals surface area (Å²) in [7, 11) is 0. The molecule has 9 heterocycles. The van der Waals surface area contributed by atoms with Crippen molar-refractivity contribution in [1.82, 2.24) is 27.4 Å². The van der Waals surface area contributed by atoms with Gasteiger partial charge in [-0.1, -0.05) is 358 Å². The van der Waals surface area contributed by atoms with E-state index in [9.17, 15) is 0 Å². The Morgan fingerprint density at radius 2 is 0.408 bits per heavy atom. The number of aromatic nitrogens is 6. The number of para-hydroxylation sites is 7. The normalized spacial score (nSPS) is 12.1. The molecule has 0 aliphatic heterocycles. The number of hydrogen-bond acceptors (Lipinski definition) is 3. The molecule has 0 N–H and O–H groups in total. The van der Waals surface area contributed by atoms with Gasteiger partial charge in [0.2, 0.25) is 0 Å². The molecule has 0 bridgehead atoms. The quantitative estimate of drug-likeness (QED) is 0.138. The fourth-order valence-electron chi connectivity index (χ4n) is 24.4. The third-order valence-electron chi connectivity index (χ3n) is 30.9. The highest BCUT2D eigenvalue weighted by molar-refractivity contribution is 7.27. The van der Waals surface area contributed by atoms with Crippen molar-refractivity contribution in [2.45, 2.75) is 0 Å². The molecule has 24 aromatic carbocycles. The molecule has 9 heteroatoms. The van der Waals surface area contributed by atoms with Gasteiger partial charge in [-0.05, 0) is 201 Å². The Labute approximate surface area is 855 Å². The van der Waals surface area contributed by atoms with E-state index in [1.165, 1.54) is 280 Å². The molecule has 0 unspecified atom stereocenters. The lowest BCUT2D eigenvalue weighted by molar-refractivity contribution is 1.17. The van der Waals surface area contributed by atoms with E-state index in [2.05, 4.69) is 537 Å². The van der Waals surface area contributed by atoms with E-state index in [1.807, 2.05) is 34.0 Å². The van der Waals surface area contributed by atoms with Crippen molar-refractivity contribution in [1.29, 1.82) is 0 Å². The lowest BCUT2D eigenvalue weighted by Gasteiger charge is -2.15. The van der Waals surface area contributed by atoms with Crippen LogP contribution in [-0.2, 0) is 0 Å². The van der Waals surface area contributed by atoms with Gasteiger partial charge in [0.05, 0.1) is 77.6 Å². The third kappa shape index (κ3) is 12.8. The molecule has 33 rings (SSSR count). The van der Waals surface area contributed by atoms with Crippen LogP contribution in [-0.4, -0.2) is 27.4 Å². The van der Waals surface area contributed by atoms with Crippen LogP contribution in [0.3, 0.4) is 0 Å². The van der Waals surface area contributed by atoms with Gasteiger partial charge in [0.25, 0.3) is 0 Å². The van der Waals surface area contributed by atoms with Crippen LogP contribution in [0.4, 0.5) is 0 Å². The first-order valence-corrected chi connectivity index (χ1v) is 52.8. The minimum atomic E-state index is 1.16. The summed E-state index contributed by atoms with van der Waals surface area (Å²) in [5, 5.41) is 30.7. The number of thiophene rings is 3. The Morgan fingerprint density at radius 3 is 0.837 bits per heavy atom. The number of nitrogens with zero attached hydrogens (tertiary/aromatic N) is 6. The van der Waals surface area contributed by atoms with E-state index in [0.717, 1.165) is 11.4 Å². The molecule has 0 fully saturated rings. The molecule has 33 aromatic rings. The Morgan fingerprint density at radius 1 is 0.122 bits per heavy atom. The molecule has 0 spiro atoms. The van der Waals surface area contributed by atoms with Crippen LogP contribution >= 0.6 is 34.0 Å². The molecule has 147 heavy (non-hydrogen) atoms. The molecule has 0 saturated heterocycles. The van der Waals surface area contributed by atoms with E-state index in [1.54, 1.807) is 0 Å². The second kappa shape index (κ2) is 33.1. The van der Waals surface area contributed by atoms with E-state index in [0.29, 0.717) is 0 Å². The minimum Gasteiger partial charge on any atom is -0.309 e. The number of fused-ring (bicyclic) bond motifs is 30. The molecule has 684 valence electrons. The predicted octanol–water partition coefficient (Wildman–Crippen LogP) is 39.2. The van der Waals surface area contributed by atoms with Crippen molar-refractivity contribution < 1.29 is 0 Å². The Hall–Kier alpha value is -18.5. The van der Waals surface area contributed by atoms with Crippen LogP contribution in [0.5, 0.6) is 0 Å². The fourth-order valence-corrected chi connectivity index (χ4v) is 28.1. The maximum absolute atomic E-state index is 2.49. The highest BCUT2D eigenvalue weighted by atomic mass is 32.1. The first-order valence-electron chi connectivity index (χ1n) is 50.3. The van der Waals surface area contributed by atoms with Gasteiger partial charge in [-0.15, -0.1) is 34.0 Å². The van der Waals surface area contributed by atoms with Crippen LogP contribution in [0, 0.1) is 0 Å². The summed E-state index contributed by atoms with van der Waals surface area (Å²) in [6, 6.07) is 187. The van der Waals surface area contributed by atoms with E-state index in [-0.39, 0.29) is 0 Å². The zero-order chi connectivity index (χ0) is 96.2. The summed E-state index contributed by atoms with van der Waals surface area (Å²) in [4.78, 5) is 0. The van der Waals surface area contributed by atoms with Crippen LogP contribution in [0.25, 0.3) is 291 Å². The zero-order valence-corrected chi connectivity index (χ0v) is 81.9.